The first-order valence-electron chi connectivity index (χ1n) is 9.25. The molecular formula is C20H15F6N5O2. The Morgan fingerprint density at radius 1 is 0.970 bits per heavy atom. The number of carbonyl (C=O) groups excluding carboxylic acids is 1. The van der Waals surface area contributed by atoms with Crippen LogP contribution in [-0.4, -0.2) is 38.6 Å². The molecule has 1 amide bonds. The lowest BCUT2D eigenvalue weighted by Crippen LogP contribution is -2.28. The minimum atomic E-state index is -4.92. The van der Waals surface area contributed by atoms with Gasteiger partial charge in [-0.25, -0.2) is 15.0 Å². The highest BCUT2D eigenvalue weighted by atomic mass is 19.4. The van der Waals surface area contributed by atoms with E-state index in [-0.39, 0.29) is 17.2 Å². The summed E-state index contributed by atoms with van der Waals surface area (Å²) in [5.74, 6) is -1.53. The maximum absolute atomic E-state index is 13.2. The van der Waals surface area contributed by atoms with Gasteiger partial charge in [0.05, 0.1) is 17.3 Å². The van der Waals surface area contributed by atoms with Crippen LogP contribution in [0, 0.1) is 0 Å². The van der Waals surface area contributed by atoms with Crippen LogP contribution in [0.4, 0.5) is 26.3 Å². The van der Waals surface area contributed by atoms with Gasteiger partial charge in [-0.15, -0.1) is 0 Å². The molecule has 0 aliphatic rings. The Morgan fingerprint density at radius 3 is 2.27 bits per heavy atom. The molecule has 0 aliphatic carbocycles. The molecule has 3 aromatic rings. The van der Waals surface area contributed by atoms with Gasteiger partial charge in [0.25, 0.3) is 5.91 Å². The number of amides is 1. The van der Waals surface area contributed by atoms with Crippen molar-refractivity contribution in [1.29, 1.82) is 0 Å². The van der Waals surface area contributed by atoms with E-state index < -0.39 is 47.8 Å². The van der Waals surface area contributed by atoms with E-state index in [0.29, 0.717) is 12.1 Å². The number of ether oxygens (including phenoxy) is 1. The van der Waals surface area contributed by atoms with Gasteiger partial charge in [-0.3, -0.25) is 9.78 Å². The second-order valence-electron chi connectivity index (χ2n) is 6.71. The van der Waals surface area contributed by atoms with Crippen molar-refractivity contribution in [2.24, 2.45) is 0 Å². The SMILES string of the molecule is CC(NC(=O)c1cc(OCC(F)(F)F)cc(C(F)(F)F)c1)c1nccnc1-c1ncccn1. The third-order valence-electron chi connectivity index (χ3n) is 4.16. The molecule has 0 spiro atoms. The summed E-state index contributed by atoms with van der Waals surface area (Å²) in [5.41, 5.74) is -1.41. The molecule has 0 fully saturated rings. The van der Waals surface area contributed by atoms with E-state index in [1.807, 2.05) is 0 Å². The van der Waals surface area contributed by atoms with Crippen molar-refractivity contribution in [1.82, 2.24) is 25.3 Å². The zero-order valence-electron chi connectivity index (χ0n) is 16.8. The van der Waals surface area contributed by atoms with Crippen LogP contribution in [-0.2, 0) is 6.18 Å². The fourth-order valence-corrected chi connectivity index (χ4v) is 2.75. The summed E-state index contributed by atoms with van der Waals surface area (Å²) in [6.07, 6.45) is -4.03. The zero-order chi connectivity index (χ0) is 24.2. The Balaban J connectivity index is 1.88. The van der Waals surface area contributed by atoms with E-state index in [0.717, 1.165) is 6.07 Å². The van der Waals surface area contributed by atoms with Crippen molar-refractivity contribution < 1.29 is 35.9 Å². The minimum absolute atomic E-state index is 0.212. The summed E-state index contributed by atoms with van der Waals surface area (Å²) >= 11 is 0. The average molecular weight is 471 g/mol. The van der Waals surface area contributed by atoms with Crippen molar-refractivity contribution in [3.63, 3.8) is 0 Å². The Morgan fingerprint density at radius 2 is 1.64 bits per heavy atom. The molecule has 0 saturated carbocycles. The topological polar surface area (TPSA) is 89.9 Å². The largest absolute Gasteiger partial charge is 0.484 e. The zero-order valence-corrected chi connectivity index (χ0v) is 16.8. The molecule has 0 radical (unpaired) electrons. The van der Waals surface area contributed by atoms with Gasteiger partial charge in [-0.1, -0.05) is 0 Å². The van der Waals surface area contributed by atoms with Gasteiger partial charge in [-0.2, -0.15) is 26.3 Å². The van der Waals surface area contributed by atoms with E-state index in [4.69, 9.17) is 0 Å². The second kappa shape index (κ2) is 9.38. The molecule has 1 aromatic carbocycles. The van der Waals surface area contributed by atoms with Gasteiger partial charge in [-0.05, 0) is 31.2 Å². The van der Waals surface area contributed by atoms with E-state index >= 15 is 0 Å². The molecule has 13 heteroatoms. The number of benzene rings is 1. The number of carbonyl (C=O) groups is 1. The average Bonchev–Trinajstić information content (AvgIpc) is 2.77. The summed E-state index contributed by atoms with van der Waals surface area (Å²) in [4.78, 5) is 29.1. The first-order chi connectivity index (χ1) is 15.4. The van der Waals surface area contributed by atoms with Crippen LogP contribution in [0.5, 0.6) is 5.75 Å². The van der Waals surface area contributed by atoms with Gasteiger partial charge in [0.15, 0.2) is 12.4 Å². The van der Waals surface area contributed by atoms with Gasteiger partial charge in [0, 0.05) is 30.4 Å². The highest BCUT2D eigenvalue weighted by Crippen LogP contribution is 2.33. The standard InChI is InChI=1S/C20H15F6N5O2/c1-11(15-16(28-6-5-27-15)17-29-3-2-4-30-17)31-18(32)12-7-13(20(24,25)26)9-14(8-12)33-10-19(21,22)23/h2-9,11H,10H2,1H3,(H,31,32). The third kappa shape index (κ3) is 6.37. The van der Waals surface area contributed by atoms with Crippen LogP contribution in [0.1, 0.15) is 34.6 Å². The number of hydrogen-bond acceptors (Lipinski definition) is 6. The Kier molecular flexibility index (Phi) is 6.79. The first kappa shape index (κ1) is 23.9. The van der Waals surface area contributed by atoms with Crippen LogP contribution in [0.25, 0.3) is 11.5 Å². The van der Waals surface area contributed by atoms with Gasteiger partial charge < -0.3 is 10.1 Å². The quantitative estimate of drug-likeness (QED) is 0.537. The Bertz CT molecular complexity index is 1120. The van der Waals surface area contributed by atoms with Crippen LogP contribution in [0.3, 0.4) is 0 Å². The predicted octanol–water partition coefficient (Wildman–Crippen LogP) is 4.38. The predicted molar refractivity (Wildman–Crippen MR) is 102 cm³/mol. The number of hydrogen-bond donors (Lipinski definition) is 1. The van der Waals surface area contributed by atoms with E-state index in [1.54, 1.807) is 6.07 Å². The number of alkyl halides is 6. The summed E-state index contributed by atoms with van der Waals surface area (Å²) in [7, 11) is 0. The molecule has 7 nitrogen and oxygen atoms in total. The van der Waals surface area contributed by atoms with Crippen molar-refractivity contribution in [2.45, 2.75) is 25.3 Å². The van der Waals surface area contributed by atoms with Gasteiger partial charge in [0.2, 0.25) is 0 Å². The van der Waals surface area contributed by atoms with Crippen molar-refractivity contribution in [3.05, 3.63) is 65.9 Å². The van der Waals surface area contributed by atoms with E-state index in [9.17, 15) is 31.1 Å². The fraction of sp³-hybridized carbons (Fsp3) is 0.250. The summed E-state index contributed by atoms with van der Waals surface area (Å²) in [5, 5.41) is 2.46. The molecule has 0 bridgehead atoms. The number of halogens is 6. The van der Waals surface area contributed by atoms with Crippen molar-refractivity contribution in [3.8, 4) is 17.3 Å². The van der Waals surface area contributed by atoms with Crippen LogP contribution in [0.15, 0.2) is 49.1 Å². The number of nitrogens with one attached hydrogen (secondary N) is 1. The van der Waals surface area contributed by atoms with Crippen molar-refractivity contribution >= 4 is 5.91 Å². The second-order valence-corrected chi connectivity index (χ2v) is 6.71. The summed E-state index contributed by atoms with van der Waals surface area (Å²) in [6.45, 7) is -0.311. The smallest absolute Gasteiger partial charge is 0.422 e. The Hall–Kier alpha value is -3.77. The molecule has 1 atom stereocenters. The Labute approximate surface area is 182 Å². The molecule has 1 unspecified atom stereocenters. The fourth-order valence-electron chi connectivity index (χ4n) is 2.75. The normalized spacial score (nSPS) is 12.8. The first-order valence-corrected chi connectivity index (χ1v) is 9.25. The maximum atomic E-state index is 13.2. The monoisotopic (exact) mass is 471 g/mol. The van der Waals surface area contributed by atoms with Crippen LogP contribution >= 0.6 is 0 Å². The molecule has 0 saturated heterocycles. The molecule has 1 N–H and O–H groups in total. The highest BCUT2D eigenvalue weighted by molar-refractivity contribution is 5.95. The number of rotatable bonds is 6. The third-order valence-corrected chi connectivity index (χ3v) is 4.16. The van der Waals surface area contributed by atoms with Crippen molar-refractivity contribution in [2.75, 3.05) is 6.61 Å². The molecule has 2 heterocycles. The lowest BCUT2D eigenvalue weighted by Gasteiger charge is -2.17. The molecule has 0 aliphatic heterocycles. The lowest BCUT2D eigenvalue weighted by molar-refractivity contribution is -0.153. The molecule has 2 aromatic heterocycles. The van der Waals surface area contributed by atoms with Gasteiger partial charge in [0.1, 0.15) is 11.4 Å². The number of aromatic nitrogens is 4. The maximum Gasteiger partial charge on any atom is 0.422 e. The molecule has 33 heavy (non-hydrogen) atoms. The van der Waals surface area contributed by atoms with E-state index in [1.165, 1.54) is 31.7 Å². The summed E-state index contributed by atoms with van der Waals surface area (Å²) < 4.78 is 81.3. The van der Waals surface area contributed by atoms with Crippen LogP contribution in [0.2, 0.25) is 0 Å². The molecule has 3 rings (SSSR count). The highest BCUT2D eigenvalue weighted by Gasteiger charge is 2.33. The minimum Gasteiger partial charge on any atom is -0.484 e. The van der Waals surface area contributed by atoms with Crippen LogP contribution < -0.4 is 10.1 Å². The number of nitrogens with zero attached hydrogens (tertiary/aromatic N) is 4. The molecule has 174 valence electrons. The molecular weight excluding hydrogens is 456 g/mol. The lowest BCUT2D eigenvalue weighted by atomic mass is 10.1. The van der Waals surface area contributed by atoms with E-state index in [2.05, 4.69) is 30.0 Å². The summed E-state index contributed by atoms with van der Waals surface area (Å²) in [6, 6.07) is 2.41. The van der Waals surface area contributed by atoms with Gasteiger partial charge >= 0.3 is 12.4 Å².